The van der Waals surface area contributed by atoms with Gasteiger partial charge >= 0.3 is 0 Å². The fourth-order valence-electron chi connectivity index (χ4n) is 3.09. The van der Waals surface area contributed by atoms with Crippen molar-refractivity contribution in [3.63, 3.8) is 0 Å². The van der Waals surface area contributed by atoms with Crippen LogP contribution in [0, 0.1) is 0 Å². The largest absolute Gasteiger partial charge is 0.396 e. The molecule has 0 saturated carbocycles. The number of fused-ring (bicyclic) bond motifs is 1. The Morgan fingerprint density at radius 1 is 1.36 bits per heavy atom. The van der Waals surface area contributed by atoms with Crippen molar-refractivity contribution >= 4 is 23.1 Å². The molecule has 1 atom stereocenters. The molecule has 4 nitrogen and oxygen atoms in total. The SMILES string of the molecule is CSc1nnc(CN(CCCO)[C@@H]2CCc3ccccc32)s1. The van der Waals surface area contributed by atoms with Gasteiger partial charge in [0.2, 0.25) is 0 Å². The molecule has 0 radical (unpaired) electrons. The second-order valence-electron chi connectivity index (χ2n) is 5.47. The first-order valence-electron chi connectivity index (χ1n) is 7.61. The summed E-state index contributed by atoms with van der Waals surface area (Å²) >= 11 is 3.31. The Hall–Kier alpha value is -0.950. The fourth-order valence-corrected chi connectivity index (χ4v) is 4.43. The minimum absolute atomic E-state index is 0.233. The first kappa shape index (κ1) is 15.9. The molecule has 0 aliphatic heterocycles. The van der Waals surface area contributed by atoms with Gasteiger partial charge in [-0.1, -0.05) is 47.4 Å². The van der Waals surface area contributed by atoms with E-state index in [9.17, 15) is 5.11 Å². The monoisotopic (exact) mass is 335 g/mol. The fraction of sp³-hybridized carbons (Fsp3) is 0.500. The van der Waals surface area contributed by atoms with Crippen LogP contribution in [0.5, 0.6) is 0 Å². The third-order valence-corrected chi connectivity index (χ3v) is 5.99. The molecular formula is C16H21N3OS2. The van der Waals surface area contributed by atoms with E-state index in [2.05, 4.69) is 39.4 Å². The van der Waals surface area contributed by atoms with Gasteiger partial charge in [0, 0.05) is 19.2 Å². The Balaban J connectivity index is 1.78. The molecule has 1 aromatic heterocycles. The number of hydrogen-bond acceptors (Lipinski definition) is 6. The molecule has 3 rings (SSSR count). The zero-order valence-corrected chi connectivity index (χ0v) is 14.4. The average Bonchev–Trinajstić information content (AvgIpc) is 3.18. The Bertz CT molecular complexity index is 617. The summed E-state index contributed by atoms with van der Waals surface area (Å²) in [5, 5.41) is 18.8. The molecule has 0 bridgehead atoms. The summed E-state index contributed by atoms with van der Waals surface area (Å²) in [7, 11) is 0. The van der Waals surface area contributed by atoms with Crippen molar-refractivity contribution in [3.05, 3.63) is 40.4 Å². The van der Waals surface area contributed by atoms with Crippen LogP contribution in [0.4, 0.5) is 0 Å². The number of thioether (sulfide) groups is 1. The van der Waals surface area contributed by atoms with E-state index in [1.54, 1.807) is 23.1 Å². The van der Waals surface area contributed by atoms with E-state index in [0.717, 1.165) is 41.7 Å². The van der Waals surface area contributed by atoms with E-state index in [-0.39, 0.29) is 6.61 Å². The van der Waals surface area contributed by atoms with E-state index in [1.165, 1.54) is 11.1 Å². The molecule has 1 aliphatic carbocycles. The van der Waals surface area contributed by atoms with Gasteiger partial charge in [-0.15, -0.1) is 10.2 Å². The molecule has 1 N–H and O–H groups in total. The highest BCUT2D eigenvalue weighted by atomic mass is 32.2. The van der Waals surface area contributed by atoms with Crippen LogP contribution in [0.1, 0.15) is 35.0 Å². The molecule has 2 aromatic rings. The van der Waals surface area contributed by atoms with Crippen LogP contribution in [0.2, 0.25) is 0 Å². The molecule has 118 valence electrons. The van der Waals surface area contributed by atoms with Gasteiger partial charge in [0.05, 0.1) is 6.54 Å². The zero-order chi connectivity index (χ0) is 15.4. The molecule has 1 heterocycles. The molecule has 6 heteroatoms. The van der Waals surface area contributed by atoms with E-state index < -0.39 is 0 Å². The lowest BCUT2D eigenvalue weighted by Gasteiger charge is -2.28. The van der Waals surface area contributed by atoms with E-state index >= 15 is 0 Å². The summed E-state index contributed by atoms with van der Waals surface area (Å²) in [6, 6.07) is 9.15. The summed E-state index contributed by atoms with van der Waals surface area (Å²) in [5.74, 6) is 0. The van der Waals surface area contributed by atoms with Crippen molar-refractivity contribution in [3.8, 4) is 0 Å². The van der Waals surface area contributed by atoms with Gasteiger partial charge in [-0.05, 0) is 36.6 Å². The van der Waals surface area contributed by atoms with Crippen molar-refractivity contribution < 1.29 is 5.11 Å². The Morgan fingerprint density at radius 2 is 2.23 bits per heavy atom. The van der Waals surface area contributed by atoms with Crippen LogP contribution in [-0.2, 0) is 13.0 Å². The summed E-state index contributed by atoms with van der Waals surface area (Å²) in [6.07, 6.45) is 5.12. The average molecular weight is 335 g/mol. The number of rotatable bonds is 7. The number of aryl methyl sites for hydroxylation is 1. The second kappa shape index (κ2) is 7.55. The lowest BCUT2D eigenvalue weighted by atomic mass is 10.1. The third-order valence-electron chi connectivity index (χ3n) is 4.11. The molecule has 0 amide bonds. The van der Waals surface area contributed by atoms with Crippen LogP contribution in [0.15, 0.2) is 28.6 Å². The molecule has 1 aliphatic rings. The van der Waals surface area contributed by atoms with E-state index in [1.807, 2.05) is 6.26 Å². The number of hydrogen-bond donors (Lipinski definition) is 1. The number of benzene rings is 1. The van der Waals surface area contributed by atoms with Gasteiger partial charge in [0.25, 0.3) is 0 Å². The van der Waals surface area contributed by atoms with E-state index in [4.69, 9.17) is 0 Å². The topological polar surface area (TPSA) is 49.2 Å². The summed E-state index contributed by atoms with van der Waals surface area (Å²) in [6.45, 7) is 1.94. The lowest BCUT2D eigenvalue weighted by molar-refractivity contribution is 0.165. The van der Waals surface area contributed by atoms with Crippen LogP contribution >= 0.6 is 23.1 Å². The van der Waals surface area contributed by atoms with Crippen LogP contribution < -0.4 is 0 Å². The second-order valence-corrected chi connectivity index (χ2v) is 7.58. The van der Waals surface area contributed by atoms with Gasteiger partial charge in [-0.3, -0.25) is 4.90 Å². The molecule has 0 fully saturated rings. The molecule has 1 aromatic carbocycles. The van der Waals surface area contributed by atoms with Gasteiger partial charge < -0.3 is 5.11 Å². The standard InChI is InChI=1S/C16H21N3OS2/c1-21-16-18-17-15(22-16)11-19(9-4-10-20)14-8-7-12-5-2-3-6-13(12)14/h2-3,5-6,14,20H,4,7-11H2,1H3/t14-/m1/s1. The molecule has 22 heavy (non-hydrogen) atoms. The molecular weight excluding hydrogens is 314 g/mol. The summed E-state index contributed by atoms with van der Waals surface area (Å²) in [4.78, 5) is 2.45. The lowest BCUT2D eigenvalue weighted by Crippen LogP contribution is -2.28. The van der Waals surface area contributed by atoms with Crippen LogP contribution in [0.25, 0.3) is 0 Å². The van der Waals surface area contributed by atoms with Gasteiger partial charge in [-0.25, -0.2) is 0 Å². The van der Waals surface area contributed by atoms with E-state index in [0.29, 0.717) is 6.04 Å². The van der Waals surface area contributed by atoms with Crippen molar-refractivity contribution in [2.45, 2.75) is 36.2 Å². The maximum atomic E-state index is 9.21. The maximum absolute atomic E-state index is 9.21. The van der Waals surface area contributed by atoms with Gasteiger partial charge in [-0.2, -0.15) is 0 Å². The zero-order valence-electron chi connectivity index (χ0n) is 12.7. The Morgan fingerprint density at radius 3 is 3.00 bits per heavy atom. The first-order chi connectivity index (χ1) is 10.8. The number of aliphatic hydroxyl groups excluding tert-OH is 1. The van der Waals surface area contributed by atoms with Crippen LogP contribution in [-0.4, -0.2) is 39.6 Å². The third kappa shape index (κ3) is 3.51. The minimum atomic E-state index is 0.233. The van der Waals surface area contributed by atoms with Gasteiger partial charge in [0.1, 0.15) is 5.01 Å². The number of nitrogens with zero attached hydrogens (tertiary/aromatic N) is 3. The maximum Gasteiger partial charge on any atom is 0.174 e. The van der Waals surface area contributed by atoms with Crippen LogP contribution in [0.3, 0.4) is 0 Å². The molecule has 0 unspecified atom stereocenters. The van der Waals surface area contributed by atoms with Gasteiger partial charge in [0.15, 0.2) is 4.34 Å². The molecule has 0 saturated heterocycles. The summed E-state index contributed by atoms with van der Waals surface area (Å²) < 4.78 is 1.02. The normalized spacial score (nSPS) is 17.1. The smallest absolute Gasteiger partial charge is 0.174 e. The van der Waals surface area contributed by atoms with Crippen molar-refractivity contribution in [2.75, 3.05) is 19.4 Å². The minimum Gasteiger partial charge on any atom is -0.396 e. The predicted octanol–water partition coefficient (Wildman–Crippen LogP) is 3.13. The van der Waals surface area contributed by atoms with Crippen molar-refractivity contribution in [1.82, 2.24) is 15.1 Å². The van der Waals surface area contributed by atoms with Crippen molar-refractivity contribution in [2.24, 2.45) is 0 Å². The number of aliphatic hydroxyl groups is 1. The highest BCUT2D eigenvalue weighted by Gasteiger charge is 2.28. The Labute approximate surface area is 139 Å². The molecule has 0 spiro atoms. The van der Waals surface area contributed by atoms with Crippen molar-refractivity contribution in [1.29, 1.82) is 0 Å². The highest BCUT2D eigenvalue weighted by molar-refractivity contribution is 8.00. The highest BCUT2D eigenvalue weighted by Crippen LogP contribution is 2.36. The number of aromatic nitrogens is 2. The quantitative estimate of drug-likeness (QED) is 0.788. The Kier molecular flexibility index (Phi) is 5.46. The predicted molar refractivity (Wildman–Crippen MR) is 91.3 cm³/mol. The summed E-state index contributed by atoms with van der Waals surface area (Å²) in [5.41, 5.74) is 2.90. The first-order valence-corrected chi connectivity index (χ1v) is 9.65.